The second-order valence-electron chi connectivity index (χ2n) is 6.11. The SMILES string of the molecule is COC(=O)[C@@]1(C)N[C@@H](c2ccc(F)cc2)[C@H]2C(=O)N(C)C(=O)[C@@H]21. The summed E-state index contributed by atoms with van der Waals surface area (Å²) in [6.45, 7) is 1.56. The fourth-order valence-corrected chi connectivity index (χ4v) is 3.64. The number of fused-ring (bicyclic) bond motifs is 1. The number of hydrogen-bond acceptors (Lipinski definition) is 5. The number of likely N-dealkylation sites (tertiary alicyclic amines) is 1. The van der Waals surface area contributed by atoms with Crippen LogP contribution in [0.25, 0.3) is 0 Å². The van der Waals surface area contributed by atoms with E-state index in [4.69, 9.17) is 4.74 Å². The molecular formula is C16H17FN2O4. The Hall–Kier alpha value is -2.28. The molecule has 1 aromatic carbocycles. The summed E-state index contributed by atoms with van der Waals surface area (Å²) in [6, 6.07) is 5.09. The second kappa shape index (κ2) is 5.13. The number of methoxy groups -OCH3 is 1. The largest absolute Gasteiger partial charge is 0.468 e. The molecule has 2 fully saturated rings. The molecule has 23 heavy (non-hydrogen) atoms. The number of rotatable bonds is 2. The van der Waals surface area contributed by atoms with Gasteiger partial charge in [0.1, 0.15) is 11.4 Å². The summed E-state index contributed by atoms with van der Waals surface area (Å²) in [5, 5.41) is 3.07. The van der Waals surface area contributed by atoms with E-state index in [-0.39, 0.29) is 5.91 Å². The molecule has 0 unspecified atom stereocenters. The summed E-state index contributed by atoms with van der Waals surface area (Å²) < 4.78 is 18.0. The van der Waals surface area contributed by atoms with E-state index in [1.165, 1.54) is 26.3 Å². The van der Waals surface area contributed by atoms with Crippen LogP contribution in [-0.4, -0.2) is 42.4 Å². The van der Waals surface area contributed by atoms with Gasteiger partial charge in [-0.25, -0.2) is 4.39 Å². The van der Waals surface area contributed by atoms with Crippen LogP contribution in [0, 0.1) is 17.7 Å². The number of hydrogen-bond donors (Lipinski definition) is 1. The first-order valence-corrected chi connectivity index (χ1v) is 7.24. The predicted octanol–water partition coefficient (Wildman–Crippen LogP) is 0.633. The van der Waals surface area contributed by atoms with Gasteiger partial charge < -0.3 is 4.74 Å². The van der Waals surface area contributed by atoms with Crippen LogP contribution in [0.15, 0.2) is 24.3 Å². The molecule has 0 aliphatic carbocycles. The third-order valence-corrected chi connectivity index (χ3v) is 4.85. The number of nitrogens with zero attached hydrogens (tertiary/aromatic N) is 1. The van der Waals surface area contributed by atoms with Crippen LogP contribution in [0.3, 0.4) is 0 Å². The molecular weight excluding hydrogens is 303 g/mol. The minimum atomic E-state index is -1.31. The number of nitrogens with one attached hydrogen (secondary N) is 1. The number of halogens is 1. The standard InChI is InChI=1S/C16H17FN2O4/c1-16(15(22)23-3)11-10(13(20)19(2)14(11)21)12(18-16)8-4-6-9(17)7-5-8/h4-7,10-12,18H,1-3H3/t10-,11+,12-,16-/m0/s1. The lowest BCUT2D eigenvalue weighted by atomic mass is 9.80. The first-order chi connectivity index (χ1) is 10.8. The zero-order valence-corrected chi connectivity index (χ0v) is 13.0. The Morgan fingerprint density at radius 1 is 1.26 bits per heavy atom. The van der Waals surface area contributed by atoms with Crippen LogP contribution in [0.5, 0.6) is 0 Å². The van der Waals surface area contributed by atoms with Crippen molar-refractivity contribution >= 4 is 17.8 Å². The van der Waals surface area contributed by atoms with Crippen LogP contribution in [-0.2, 0) is 19.1 Å². The summed E-state index contributed by atoms with van der Waals surface area (Å²) >= 11 is 0. The molecule has 6 nitrogen and oxygen atoms in total. The van der Waals surface area contributed by atoms with Crippen molar-refractivity contribution in [2.75, 3.05) is 14.2 Å². The fraction of sp³-hybridized carbons (Fsp3) is 0.438. The maximum Gasteiger partial charge on any atom is 0.326 e. The molecule has 2 saturated heterocycles. The Kier molecular flexibility index (Phi) is 3.48. The Balaban J connectivity index is 2.09. The van der Waals surface area contributed by atoms with E-state index in [2.05, 4.69) is 5.32 Å². The maximum absolute atomic E-state index is 13.2. The van der Waals surface area contributed by atoms with Gasteiger partial charge in [-0.2, -0.15) is 0 Å². The highest BCUT2D eigenvalue weighted by Crippen LogP contribution is 2.48. The number of amides is 2. The van der Waals surface area contributed by atoms with Crippen molar-refractivity contribution in [3.05, 3.63) is 35.6 Å². The number of imide groups is 1. The molecule has 1 N–H and O–H groups in total. The van der Waals surface area contributed by atoms with Gasteiger partial charge >= 0.3 is 5.97 Å². The predicted molar refractivity (Wildman–Crippen MR) is 77.5 cm³/mol. The molecule has 0 bridgehead atoms. The lowest BCUT2D eigenvalue weighted by molar-refractivity contribution is -0.152. The Morgan fingerprint density at radius 3 is 2.43 bits per heavy atom. The van der Waals surface area contributed by atoms with Crippen LogP contribution in [0.4, 0.5) is 4.39 Å². The second-order valence-corrected chi connectivity index (χ2v) is 6.11. The topological polar surface area (TPSA) is 75.7 Å². The van der Waals surface area contributed by atoms with Crippen molar-refractivity contribution in [2.24, 2.45) is 11.8 Å². The number of benzene rings is 1. The molecule has 2 amide bonds. The number of esters is 1. The Labute approximate surface area is 132 Å². The molecule has 7 heteroatoms. The van der Waals surface area contributed by atoms with E-state index >= 15 is 0 Å². The van der Waals surface area contributed by atoms with Crippen molar-refractivity contribution in [1.82, 2.24) is 10.2 Å². The highest BCUT2D eigenvalue weighted by atomic mass is 19.1. The minimum absolute atomic E-state index is 0.352. The maximum atomic E-state index is 13.2. The first kappa shape index (κ1) is 15.6. The van der Waals surface area contributed by atoms with Crippen LogP contribution < -0.4 is 5.32 Å². The van der Waals surface area contributed by atoms with Crippen LogP contribution in [0.2, 0.25) is 0 Å². The van der Waals surface area contributed by atoms with Gasteiger partial charge in [0.15, 0.2) is 0 Å². The van der Waals surface area contributed by atoms with E-state index in [1.54, 1.807) is 19.1 Å². The van der Waals surface area contributed by atoms with E-state index in [9.17, 15) is 18.8 Å². The van der Waals surface area contributed by atoms with E-state index in [1.807, 2.05) is 0 Å². The van der Waals surface area contributed by atoms with Crippen LogP contribution in [0.1, 0.15) is 18.5 Å². The summed E-state index contributed by atoms with van der Waals surface area (Å²) in [6.07, 6.45) is 0. The van der Waals surface area contributed by atoms with Gasteiger partial charge in [0, 0.05) is 13.1 Å². The molecule has 122 valence electrons. The van der Waals surface area contributed by atoms with Crippen molar-refractivity contribution < 1.29 is 23.5 Å². The molecule has 0 aromatic heterocycles. The van der Waals surface area contributed by atoms with Gasteiger partial charge in [0.05, 0.1) is 18.9 Å². The van der Waals surface area contributed by atoms with E-state index < -0.39 is 41.1 Å². The molecule has 1 aromatic rings. The number of carbonyl (C=O) groups excluding carboxylic acids is 3. The average molecular weight is 320 g/mol. The van der Waals surface area contributed by atoms with Gasteiger partial charge in [-0.3, -0.25) is 24.6 Å². The smallest absolute Gasteiger partial charge is 0.326 e. The molecule has 0 spiro atoms. The minimum Gasteiger partial charge on any atom is -0.468 e. The van der Waals surface area contributed by atoms with Crippen LogP contribution >= 0.6 is 0 Å². The van der Waals surface area contributed by atoms with Crippen molar-refractivity contribution in [1.29, 1.82) is 0 Å². The monoisotopic (exact) mass is 320 g/mol. The number of ether oxygens (including phenoxy) is 1. The molecule has 0 radical (unpaired) electrons. The lowest BCUT2D eigenvalue weighted by Gasteiger charge is -2.27. The van der Waals surface area contributed by atoms with Gasteiger partial charge in [-0.05, 0) is 24.6 Å². The van der Waals surface area contributed by atoms with Crippen molar-refractivity contribution in [2.45, 2.75) is 18.5 Å². The highest BCUT2D eigenvalue weighted by molar-refractivity contribution is 6.09. The Bertz CT molecular complexity index is 690. The third-order valence-electron chi connectivity index (χ3n) is 4.85. The zero-order chi connectivity index (χ0) is 16.9. The highest BCUT2D eigenvalue weighted by Gasteiger charge is 2.66. The molecule has 4 atom stereocenters. The van der Waals surface area contributed by atoms with Gasteiger partial charge in [-0.1, -0.05) is 12.1 Å². The fourth-order valence-electron chi connectivity index (χ4n) is 3.64. The first-order valence-electron chi connectivity index (χ1n) is 7.24. The Morgan fingerprint density at radius 2 is 1.87 bits per heavy atom. The number of carbonyl (C=O) groups is 3. The van der Waals surface area contributed by atoms with Gasteiger partial charge in [0.2, 0.25) is 11.8 Å². The van der Waals surface area contributed by atoms with Crippen molar-refractivity contribution in [3.63, 3.8) is 0 Å². The zero-order valence-electron chi connectivity index (χ0n) is 13.0. The summed E-state index contributed by atoms with van der Waals surface area (Å²) in [5.41, 5.74) is -0.666. The molecule has 3 rings (SSSR count). The van der Waals surface area contributed by atoms with Gasteiger partial charge in [0.25, 0.3) is 0 Å². The average Bonchev–Trinajstić information content (AvgIpc) is 2.97. The quantitative estimate of drug-likeness (QED) is 0.639. The lowest BCUT2D eigenvalue weighted by Crippen LogP contribution is -2.53. The third kappa shape index (κ3) is 2.07. The normalized spacial score (nSPS) is 33.0. The summed E-state index contributed by atoms with van der Waals surface area (Å²) in [4.78, 5) is 38.2. The molecule has 2 aliphatic heterocycles. The summed E-state index contributed by atoms with van der Waals surface area (Å²) in [7, 11) is 2.64. The van der Waals surface area contributed by atoms with Crippen molar-refractivity contribution in [3.8, 4) is 0 Å². The van der Waals surface area contributed by atoms with E-state index in [0.29, 0.717) is 5.56 Å². The molecule has 0 saturated carbocycles. The van der Waals surface area contributed by atoms with Gasteiger partial charge in [-0.15, -0.1) is 0 Å². The molecule has 2 heterocycles. The summed E-state index contributed by atoms with van der Waals surface area (Å²) in [5.74, 6) is -3.33. The molecule has 2 aliphatic rings. The van der Waals surface area contributed by atoms with E-state index in [0.717, 1.165) is 4.90 Å².